The van der Waals surface area contributed by atoms with Crippen LogP contribution >= 0.6 is 0 Å². The van der Waals surface area contributed by atoms with E-state index in [4.69, 9.17) is 0 Å². The molecule has 0 unspecified atom stereocenters. The molecule has 0 radical (unpaired) electrons. The van der Waals surface area contributed by atoms with Gasteiger partial charge in [0.1, 0.15) is 12.4 Å². The van der Waals surface area contributed by atoms with Crippen LogP contribution in [0.2, 0.25) is 0 Å². The highest BCUT2D eigenvalue weighted by molar-refractivity contribution is 5.06. The first-order chi connectivity index (χ1) is 8.66. The van der Waals surface area contributed by atoms with E-state index in [-0.39, 0.29) is 12.5 Å². The topological polar surface area (TPSA) is 84.4 Å². The molecule has 1 aliphatic heterocycles. The molecule has 100 valence electrons. The van der Waals surface area contributed by atoms with Crippen LogP contribution < -0.4 is 0 Å². The third-order valence-electron chi connectivity index (χ3n) is 3.18. The Morgan fingerprint density at radius 1 is 1.39 bits per heavy atom. The second-order valence-electron chi connectivity index (χ2n) is 4.65. The molecule has 0 saturated carbocycles. The van der Waals surface area contributed by atoms with Crippen molar-refractivity contribution in [2.75, 3.05) is 19.6 Å². The van der Waals surface area contributed by atoms with Crippen LogP contribution in [0.3, 0.4) is 0 Å². The Morgan fingerprint density at radius 3 is 2.78 bits per heavy atom. The highest BCUT2D eigenvalue weighted by atomic mass is 16.6. The van der Waals surface area contributed by atoms with Crippen LogP contribution in [0.15, 0.2) is 12.4 Å². The van der Waals surface area contributed by atoms with Crippen molar-refractivity contribution < 1.29 is 10.0 Å². The van der Waals surface area contributed by atoms with Gasteiger partial charge in [-0.3, -0.25) is 0 Å². The molecule has 1 aromatic rings. The average molecular weight is 254 g/mol. The van der Waals surface area contributed by atoms with Gasteiger partial charge in [-0.1, -0.05) is 11.4 Å². The molecular formula is C11H18N4O3. The fourth-order valence-corrected chi connectivity index (χ4v) is 2.34. The largest absolute Gasteiger partial charge is 0.434 e. The third-order valence-corrected chi connectivity index (χ3v) is 3.18. The maximum Gasteiger partial charge on any atom is 0.434 e. The van der Waals surface area contributed by atoms with E-state index in [9.17, 15) is 15.2 Å². The molecule has 0 aliphatic carbocycles. The third kappa shape index (κ3) is 3.27. The molecule has 2 heterocycles. The van der Waals surface area contributed by atoms with Crippen LogP contribution in [0.1, 0.15) is 19.3 Å². The highest BCUT2D eigenvalue weighted by Gasteiger charge is 2.20. The van der Waals surface area contributed by atoms with Gasteiger partial charge in [0.2, 0.25) is 0 Å². The summed E-state index contributed by atoms with van der Waals surface area (Å²) in [4.78, 5) is 16.0. The Bertz CT molecular complexity index is 401. The van der Waals surface area contributed by atoms with Gasteiger partial charge >= 0.3 is 5.95 Å². The molecule has 1 saturated heterocycles. The number of rotatable bonds is 5. The summed E-state index contributed by atoms with van der Waals surface area (Å²) in [5, 5.41) is 20.7. The summed E-state index contributed by atoms with van der Waals surface area (Å²) in [6.45, 7) is 2.79. The summed E-state index contributed by atoms with van der Waals surface area (Å²) in [6.07, 6.45) is 5.88. The zero-order valence-electron chi connectivity index (χ0n) is 10.2. The van der Waals surface area contributed by atoms with Gasteiger partial charge in [0.15, 0.2) is 0 Å². The molecule has 7 nitrogen and oxygen atoms in total. The Morgan fingerprint density at radius 2 is 2.11 bits per heavy atom. The van der Waals surface area contributed by atoms with E-state index in [1.807, 2.05) is 0 Å². The number of hydrogen-bond donors (Lipinski definition) is 1. The highest BCUT2D eigenvalue weighted by Crippen LogP contribution is 2.12. The standard InChI is InChI=1S/C11H18N4O3/c16-10(8-13-5-2-1-3-6-13)9-14-7-4-12-11(14)15(17)18/h4,7,10,16H,1-3,5-6,8-9H2/t10-/m0/s1. The van der Waals surface area contributed by atoms with Crippen molar-refractivity contribution in [3.8, 4) is 0 Å². The minimum absolute atomic E-state index is 0.215. The van der Waals surface area contributed by atoms with Crippen molar-refractivity contribution in [1.82, 2.24) is 14.5 Å². The monoisotopic (exact) mass is 254 g/mol. The molecule has 0 bridgehead atoms. The quantitative estimate of drug-likeness (QED) is 0.615. The van der Waals surface area contributed by atoms with E-state index >= 15 is 0 Å². The minimum Gasteiger partial charge on any atom is -0.390 e. The molecule has 0 aromatic carbocycles. The van der Waals surface area contributed by atoms with Gasteiger partial charge in [-0.2, -0.15) is 0 Å². The number of aliphatic hydroxyl groups excluding tert-OH is 1. The second kappa shape index (κ2) is 5.92. The first-order valence-corrected chi connectivity index (χ1v) is 6.23. The Hall–Kier alpha value is -1.47. The van der Waals surface area contributed by atoms with Crippen molar-refractivity contribution in [2.45, 2.75) is 31.9 Å². The zero-order valence-corrected chi connectivity index (χ0v) is 10.2. The van der Waals surface area contributed by atoms with Crippen LogP contribution in [-0.2, 0) is 6.54 Å². The average Bonchev–Trinajstić information content (AvgIpc) is 2.78. The minimum atomic E-state index is -0.601. The maximum atomic E-state index is 10.7. The number of imidazole rings is 1. The lowest BCUT2D eigenvalue weighted by molar-refractivity contribution is -0.397. The zero-order chi connectivity index (χ0) is 13.0. The molecule has 1 aromatic heterocycles. The Kier molecular flexibility index (Phi) is 4.27. The number of nitro groups is 1. The van der Waals surface area contributed by atoms with Crippen molar-refractivity contribution in [2.24, 2.45) is 0 Å². The van der Waals surface area contributed by atoms with Gasteiger partial charge in [-0.25, -0.2) is 4.57 Å². The summed E-state index contributed by atoms with van der Waals surface area (Å²) in [6, 6.07) is 0. The molecule has 18 heavy (non-hydrogen) atoms. The lowest BCUT2D eigenvalue weighted by atomic mass is 10.1. The lowest BCUT2D eigenvalue weighted by Gasteiger charge is -2.28. The molecule has 1 fully saturated rings. The van der Waals surface area contributed by atoms with E-state index in [1.54, 1.807) is 0 Å². The Balaban J connectivity index is 1.88. The number of β-amino-alcohol motifs (C(OH)–C–C–N with tert-alkyl or cyclic N) is 1. The predicted molar refractivity (Wildman–Crippen MR) is 65.2 cm³/mol. The van der Waals surface area contributed by atoms with Gasteiger partial charge in [0, 0.05) is 6.54 Å². The first kappa shape index (κ1) is 13.0. The van der Waals surface area contributed by atoms with Gasteiger partial charge in [0.05, 0.1) is 12.6 Å². The summed E-state index contributed by atoms with van der Waals surface area (Å²) in [5.74, 6) is -0.215. The molecule has 1 aliphatic rings. The summed E-state index contributed by atoms with van der Waals surface area (Å²) in [5.41, 5.74) is 0. The van der Waals surface area contributed by atoms with E-state index in [0.29, 0.717) is 6.54 Å². The van der Waals surface area contributed by atoms with Gasteiger partial charge < -0.3 is 20.1 Å². The number of aliphatic hydroxyl groups is 1. The maximum absolute atomic E-state index is 10.7. The van der Waals surface area contributed by atoms with E-state index in [2.05, 4.69) is 9.88 Å². The normalized spacial score (nSPS) is 18.7. The predicted octanol–water partition coefficient (Wildman–Crippen LogP) is 0.638. The number of piperidine rings is 1. The molecule has 1 N–H and O–H groups in total. The fourth-order valence-electron chi connectivity index (χ4n) is 2.34. The molecule has 1 atom stereocenters. The van der Waals surface area contributed by atoms with E-state index in [1.165, 1.54) is 23.4 Å². The molecule has 2 rings (SSSR count). The molecule has 0 amide bonds. The van der Waals surface area contributed by atoms with Crippen molar-refractivity contribution in [1.29, 1.82) is 0 Å². The SMILES string of the molecule is O=[N+]([O-])c1nccn1C[C@@H](O)CN1CCCCC1. The molecule has 7 heteroatoms. The first-order valence-electron chi connectivity index (χ1n) is 6.23. The smallest absolute Gasteiger partial charge is 0.390 e. The fraction of sp³-hybridized carbons (Fsp3) is 0.727. The van der Waals surface area contributed by atoms with Crippen LogP contribution in [0.25, 0.3) is 0 Å². The molecule has 0 spiro atoms. The number of aromatic nitrogens is 2. The van der Waals surface area contributed by atoms with Crippen molar-refractivity contribution in [3.05, 3.63) is 22.5 Å². The van der Waals surface area contributed by atoms with Gasteiger partial charge in [0.25, 0.3) is 0 Å². The van der Waals surface area contributed by atoms with Crippen molar-refractivity contribution >= 4 is 5.95 Å². The number of nitrogens with zero attached hydrogens (tertiary/aromatic N) is 4. The van der Waals surface area contributed by atoms with E-state index in [0.717, 1.165) is 25.9 Å². The van der Waals surface area contributed by atoms with Crippen LogP contribution in [0, 0.1) is 10.1 Å². The summed E-state index contributed by atoms with van der Waals surface area (Å²) < 4.78 is 1.38. The van der Waals surface area contributed by atoms with Crippen LogP contribution in [0.5, 0.6) is 0 Å². The van der Waals surface area contributed by atoms with E-state index < -0.39 is 11.0 Å². The van der Waals surface area contributed by atoms with Crippen LogP contribution in [-0.4, -0.2) is 50.2 Å². The van der Waals surface area contributed by atoms with Gasteiger partial charge in [-0.15, -0.1) is 0 Å². The van der Waals surface area contributed by atoms with Crippen LogP contribution in [0.4, 0.5) is 5.95 Å². The summed E-state index contributed by atoms with van der Waals surface area (Å²) in [7, 11) is 0. The molecular weight excluding hydrogens is 236 g/mol. The van der Waals surface area contributed by atoms with Crippen molar-refractivity contribution in [3.63, 3.8) is 0 Å². The summed E-state index contributed by atoms with van der Waals surface area (Å²) >= 11 is 0. The number of likely N-dealkylation sites (tertiary alicyclic amines) is 1. The Labute approximate surface area is 105 Å². The number of hydrogen-bond acceptors (Lipinski definition) is 5. The lowest BCUT2D eigenvalue weighted by Crippen LogP contribution is -2.38. The second-order valence-corrected chi connectivity index (χ2v) is 4.65. The van der Waals surface area contributed by atoms with Gasteiger partial charge in [-0.05, 0) is 30.9 Å².